The molecule has 1 unspecified atom stereocenters. The summed E-state index contributed by atoms with van der Waals surface area (Å²) in [6.07, 6.45) is 9.35. The number of rotatable bonds is 9. The molecule has 112 valence electrons. The summed E-state index contributed by atoms with van der Waals surface area (Å²) < 4.78 is 5.89. The second kappa shape index (κ2) is 10.2. The maximum absolute atomic E-state index is 11.1. The lowest BCUT2D eigenvalue weighted by Crippen LogP contribution is -2.09. The summed E-state index contributed by atoms with van der Waals surface area (Å²) in [5.41, 5.74) is 0.581. The number of hydrogen-bond donors (Lipinski definition) is 0. The molecular weight excluding hydrogens is 250 g/mol. The van der Waals surface area contributed by atoms with Crippen LogP contribution in [-0.2, 0) is 9.53 Å². The number of carbonyl (C=O) groups is 1. The normalized spacial score (nSPS) is 14.2. The molecule has 0 spiro atoms. The molecule has 0 saturated carbocycles. The zero-order valence-electron chi connectivity index (χ0n) is 13.3. The van der Waals surface area contributed by atoms with Gasteiger partial charge in [-0.15, -0.1) is 0 Å². The van der Waals surface area contributed by atoms with Crippen molar-refractivity contribution in [1.82, 2.24) is 0 Å². The first-order valence-electron chi connectivity index (χ1n) is 7.19. The molecule has 0 saturated heterocycles. The second-order valence-corrected chi connectivity index (χ2v) is 4.77. The van der Waals surface area contributed by atoms with Crippen molar-refractivity contribution >= 4 is 12.0 Å². The van der Waals surface area contributed by atoms with Gasteiger partial charge in [-0.1, -0.05) is 33.4 Å². The van der Waals surface area contributed by atoms with E-state index >= 15 is 0 Å². The van der Waals surface area contributed by atoms with Gasteiger partial charge in [-0.2, -0.15) is 0 Å². The summed E-state index contributed by atoms with van der Waals surface area (Å²) in [6.45, 7) is 13.4. The Kier molecular flexibility index (Phi) is 9.35. The smallest absolute Gasteiger partial charge is 0.137 e. The summed E-state index contributed by atoms with van der Waals surface area (Å²) in [5, 5.41) is 0. The van der Waals surface area contributed by atoms with E-state index in [4.69, 9.17) is 4.74 Å². The molecule has 0 N–H and O–H groups in total. The van der Waals surface area contributed by atoms with Crippen molar-refractivity contribution < 1.29 is 9.53 Å². The minimum Gasteiger partial charge on any atom is -0.490 e. The Bertz CT molecular complexity index is 401. The van der Waals surface area contributed by atoms with Gasteiger partial charge < -0.3 is 4.74 Å². The van der Waals surface area contributed by atoms with Gasteiger partial charge in [-0.25, -0.2) is 0 Å². The number of Topliss-reactive ketones (excluding diaryl/α,β-unsaturated/α-hetero) is 1. The molecule has 0 aliphatic rings. The van der Waals surface area contributed by atoms with Crippen molar-refractivity contribution in [3.63, 3.8) is 0 Å². The maximum Gasteiger partial charge on any atom is 0.137 e. The summed E-state index contributed by atoms with van der Waals surface area (Å²) in [5.74, 6) is 0.650. The first-order valence-corrected chi connectivity index (χ1v) is 7.19. The molecule has 1 atom stereocenters. The Morgan fingerprint density at radius 3 is 2.40 bits per heavy atom. The van der Waals surface area contributed by atoms with E-state index in [1.54, 1.807) is 19.2 Å². The number of aliphatic imine (C=N–C) groups is 1. The van der Waals surface area contributed by atoms with Crippen LogP contribution in [0.4, 0.5) is 0 Å². The zero-order chi connectivity index (χ0) is 15.5. The predicted octanol–water partition coefficient (Wildman–Crippen LogP) is 4.46. The number of hydrogen-bond acceptors (Lipinski definition) is 3. The lowest BCUT2D eigenvalue weighted by atomic mass is 10.1. The Morgan fingerprint density at radius 1 is 1.35 bits per heavy atom. The number of ketones is 1. The SMILES string of the molecule is C=C(/C=C(\C=CC)OC(CC)CC)N=CC(C)C(C)=O. The molecule has 0 rings (SSSR count). The van der Waals surface area contributed by atoms with E-state index in [0.717, 1.165) is 18.6 Å². The quantitative estimate of drug-likeness (QED) is 0.354. The third kappa shape index (κ3) is 7.72. The van der Waals surface area contributed by atoms with E-state index in [9.17, 15) is 4.79 Å². The van der Waals surface area contributed by atoms with Crippen LogP contribution < -0.4 is 0 Å². The van der Waals surface area contributed by atoms with Crippen LogP contribution in [0.5, 0.6) is 0 Å². The molecule has 0 amide bonds. The Morgan fingerprint density at radius 2 is 1.95 bits per heavy atom. The van der Waals surface area contributed by atoms with Crippen LogP contribution in [0.2, 0.25) is 0 Å². The van der Waals surface area contributed by atoms with Gasteiger partial charge in [-0.05, 0) is 32.8 Å². The summed E-state index contributed by atoms with van der Waals surface area (Å²) >= 11 is 0. The van der Waals surface area contributed by atoms with E-state index in [-0.39, 0.29) is 17.8 Å². The van der Waals surface area contributed by atoms with Crippen molar-refractivity contribution in [3.05, 3.63) is 36.3 Å². The molecule has 3 nitrogen and oxygen atoms in total. The summed E-state index contributed by atoms with van der Waals surface area (Å²) in [6, 6.07) is 0. The third-order valence-corrected chi connectivity index (χ3v) is 2.96. The molecule has 20 heavy (non-hydrogen) atoms. The zero-order valence-corrected chi connectivity index (χ0v) is 13.3. The Balaban J connectivity index is 4.82. The number of ether oxygens (including phenoxy) is 1. The van der Waals surface area contributed by atoms with Crippen LogP contribution in [0.25, 0.3) is 0 Å². The molecule has 0 fully saturated rings. The summed E-state index contributed by atoms with van der Waals surface area (Å²) in [7, 11) is 0. The van der Waals surface area contributed by atoms with Gasteiger partial charge in [0.05, 0.1) is 11.8 Å². The Labute approximate surface area is 123 Å². The summed E-state index contributed by atoms with van der Waals surface area (Å²) in [4.78, 5) is 15.3. The molecule has 0 bridgehead atoms. The van der Waals surface area contributed by atoms with Crippen molar-refractivity contribution in [3.8, 4) is 0 Å². The van der Waals surface area contributed by atoms with Crippen LogP contribution >= 0.6 is 0 Å². The van der Waals surface area contributed by atoms with Crippen LogP contribution in [0, 0.1) is 5.92 Å². The van der Waals surface area contributed by atoms with E-state index in [0.29, 0.717) is 5.70 Å². The first-order chi connectivity index (χ1) is 9.44. The number of allylic oxidation sites excluding steroid dienone is 3. The topological polar surface area (TPSA) is 38.7 Å². The van der Waals surface area contributed by atoms with Crippen LogP contribution in [-0.4, -0.2) is 18.1 Å². The van der Waals surface area contributed by atoms with Crippen LogP contribution in [0.15, 0.2) is 41.3 Å². The second-order valence-electron chi connectivity index (χ2n) is 4.77. The third-order valence-electron chi connectivity index (χ3n) is 2.96. The molecule has 0 radical (unpaired) electrons. The van der Waals surface area contributed by atoms with E-state index < -0.39 is 0 Å². The van der Waals surface area contributed by atoms with Crippen molar-refractivity contribution in [2.45, 2.75) is 53.6 Å². The minimum atomic E-state index is -0.190. The van der Waals surface area contributed by atoms with E-state index in [1.165, 1.54) is 0 Å². The van der Waals surface area contributed by atoms with Gasteiger partial charge in [0.15, 0.2) is 0 Å². The van der Waals surface area contributed by atoms with E-state index in [2.05, 4.69) is 25.4 Å². The molecular formula is C17H27NO2. The van der Waals surface area contributed by atoms with Crippen molar-refractivity contribution in [2.24, 2.45) is 10.9 Å². The molecule has 0 aromatic carbocycles. The highest BCUT2D eigenvalue weighted by Crippen LogP contribution is 2.13. The lowest BCUT2D eigenvalue weighted by Gasteiger charge is -2.16. The highest BCUT2D eigenvalue weighted by molar-refractivity contribution is 5.93. The van der Waals surface area contributed by atoms with E-state index in [1.807, 2.05) is 26.0 Å². The number of nitrogens with zero attached hydrogens (tertiary/aromatic N) is 1. The van der Waals surface area contributed by atoms with Gasteiger partial charge in [0, 0.05) is 18.2 Å². The monoisotopic (exact) mass is 277 g/mol. The molecule has 0 aromatic rings. The maximum atomic E-state index is 11.1. The highest BCUT2D eigenvalue weighted by Gasteiger charge is 2.06. The fraction of sp³-hybridized carbons (Fsp3) is 0.529. The highest BCUT2D eigenvalue weighted by atomic mass is 16.5. The number of carbonyl (C=O) groups excluding carboxylic acids is 1. The lowest BCUT2D eigenvalue weighted by molar-refractivity contribution is -0.118. The average Bonchev–Trinajstić information content (AvgIpc) is 2.41. The van der Waals surface area contributed by atoms with Crippen molar-refractivity contribution in [2.75, 3.05) is 0 Å². The standard InChI is InChI=1S/C17H27NO2/c1-7-10-17(20-16(8-2)9-3)11-14(5)18-12-13(4)15(6)19/h7,10-13,16H,5,8-9H2,1-4,6H3/b10-7?,17-11+,18-12?. The molecule has 3 heteroatoms. The van der Waals surface area contributed by atoms with Gasteiger partial charge in [-0.3, -0.25) is 9.79 Å². The average molecular weight is 277 g/mol. The van der Waals surface area contributed by atoms with Crippen molar-refractivity contribution in [1.29, 1.82) is 0 Å². The van der Waals surface area contributed by atoms with Gasteiger partial charge in [0.2, 0.25) is 0 Å². The van der Waals surface area contributed by atoms with Gasteiger partial charge >= 0.3 is 0 Å². The minimum absolute atomic E-state index is 0.0903. The first kappa shape index (κ1) is 18.4. The predicted molar refractivity (Wildman–Crippen MR) is 85.8 cm³/mol. The fourth-order valence-electron chi connectivity index (χ4n) is 1.45. The van der Waals surface area contributed by atoms with Crippen LogP contribution in [0.1, 0.15) is 47.5 Å². The van der Waals surface area contributed by atoms with Gasteiger partial charge in [0.1, 0.15) is 11.5 Å². The Hall–Kier alpha value is -1.64. The largest absolute Gasteiger partial charge is 0.490 e. The van der Waals surface area contributed by atoms with Gasteiger partial charge in [0.25, 0.3) is 0 Å². The molecule has 0 aliphatic heterocycles. The molecule has 0 aromatic heterocycles. The fourth-order valence-corrected chi connectivity index (χ4v) is 1.45. The molecule has 0 heterocycles. The molecule has 0 aliphatic carbocycles. The van der Waals surface area contributed by atoms with Crippen LogP contribution in [0.3, 0.4) is 0 Å².